The number of allylic oxidation sites excluding steroid dienone is 2. The molecule has 0 spiro atoms. The van der Waals surface area contributed by atoms with Crippen LogP contribution >= 0.6 is 0 Å². The Kier molecular flexibility index (Phi) is 3.58. The summed E-state index contributed by atoms with van der Waals surface area (Å²) in [6, 6.07) is 9.14. The van der Waals surface area contributed by atoms with E-state index >= 15 is 0 Å². The fourth-order valence-electron chi connectivity index (χ4n) is 2.19. The maximum absolute atomic E-state index is 2.47. The van der Waals surface area contributed by atoms with Crippen molar-refractivity contribution in [2.45, 2.75) is 19.9 Å². The molecule has 0 saturated heterocycles. The summed E-state index contributed by atoms with van der Waals surface area (Å²) < 4.78 is 0. The van der Waals surface area contributed by atoms with Gasteiger partial charge in [-0.2, -0.15) is 0 Å². The Morgan fingerprint density at radius 2 is 1.69 bits per heavy atom. The van der Waals surface area contributed by atoms with Crippen LogP contribution < -0.4 is 0 Å². The Balaban J connectivity index is 2.18. The molecule has 0 radical (unpaired) electrons. The molecule has 0 saturated carbocycles. The van der Waals surface area contributed by atoms with Gasteiger partial charge in [-0.1, -0.05) is 48.6 Å². The number of hydrogen-bond acceptors (Lipinski definition) is 1. The Morgan fingerprint density at radius 1 is 1.06 bits per heavy atom. The third-order valence-corrected chi connectivity index (χ3v) is 3.25. The van der Waals surface area contributed by atoms with E-state index in [2.05, 4.69) is 67.3 Å². The monoisotopic (exact) mass is 213 g/mol. The number of aryl methyl sites for hydroxylation is 1. The predicted octanol–water partition coefficient (Wildman–Crippen LogP) is 3.48. The molecule has 1 atom stereocenters. The maximum atomic E-state index is 2.47. The standard InChI is InChI=1S/C15H19N/c1-13-9-5-6-10-15(13)14(2)16-11-7-3-4-8-12-16/h3-10,14H,11-12H2,1-2H3. The molecule has 1 aromatic carbocycles. The topological polar surface area (TPSA) is 3.24 Å². The minimum Gasteiger partial charge on any atom is -0.289 e. The quantitative estimate of drug-likeness (QED) is 0.727. The minimum absolute atomic E-state index is 0.480. The van der Waals surface area contributed by atoms with E-state index in [1.807, 2.05) is 0 Å². The van der Waals surface area contributed by atoms with Gasteiger partial charge < -0.3 is 0 Å². The van der Waals surface area contributed by atoms with Crippen LogP contribution in [0.2, 0.25) is 0 Å². The highest BCUT2D eigenvalue weighted by molar-refractivity contribution is 5.28. The van der Waals surface area contributed by atoms with Crippen molar-refractivity contribution in [3.63, 3.8) is 0 Å². The van der Waals surface area contributed by atoms with Gasteiger partial charge in [0.15, 0.2) is 0 Å². The van der Waals surface area contributed by atoms with Gasteiger partial charge in [0.1, 0.15) is 0 Å². The molecule has 1 unspecified atom stereocenters. The smallest absolute Gasteiger partial charge is 0.0329 e. The number of nitrogens with zero attached hydrogens (tertiary/aromatic N) is 1. The van der Waals surface area contributed by atoms with E-state index in [4.69, 9.17) is 0 Å². The van der Waals surface area contributed by atoms with Gasteiger partial charge in [0, 0.05) is 19.1 Å². The molecular weight excluding hydrogens is 194 g/mol. The Labute approximate surface area is 98.1 Å². The second kappa shape index (κ2) is 5.13. The van der Waals surface area contributed by atoms with Crippen LogP contribution in [0, 0.1) is 6.92 Å². The van der Waals surface area contributed by atoms with Gasteiger partial charge in [-0.05, 0) is 25.0 Å². The zero-order valence-corrected chi connectivity index (χ0v) is 10.1. The predicted molar refractivity (Wildman–Crippen MR) is 69.4 cm³/mol. The Bertz CT molecular complexity index is 390. The first-order valence-electron chi connectivity index (χ1n) is 5.90. The first-order valence-corrected chi connectivity index (χ1v) is 5.90. The minimum atomic E-state index is 0.480. The number of rotatable bonds is 2. The molecule has 0 bridgehead atoms. The van der Waals surface area contributed by atoms with E-state index in [0.29, 0.717) is 6.04 Å². The summed E-state index contributed by atoms with van der Waals surface area (Å²) in [5, 5.41) is 0. The fraction of sp³-hybridized carbons (Fsp3) is 0.333. The summed E-state index contributed by atoms with van der Waals surface area (Å²) in [7, 11) is 0. The molecule has 1 heteroatoms. The highest BCUT2D eigenvalue weighted by Crippen LogP contribution is 2.23. The highest BCUT2D eigenvalue weighted by atomic mass is 15.1. The summed E-state index contributed by atoms with van der Waals surface area (Å²) in [4.78, 5) is 2.47. The highest BCUT2D eigenvalue weighted by Gasteiger charge is 2.15. The van der Waals surface area contributed by atoms with E-state index in [9.17, 15) is 0 Å². The van der Waals surface area contributed by atoms with Crippen LogP contribution in [-0.4, -0.2) is 18.0 Å². The molecule has 84 valence electrons. The SMILES string of the molecule is Cc1ccccc1C(C)N1CC=CC=CC1. The molecule has 0 amide bonds. The summed E-state index contributed by atoms with van der Waals surface area (Å²) in [6.07, 6.45) is 8.70. The van der Waals surface area contributed by atoms with Gasteiger partial charge in [-0.15, -0.1) is 0 Å². The Morgan fingerprint density at radius 3 is 2.31 bits per heavy atom. The Hall–Kier alpha value is -1.34. The average Bonchev–Trinajstić information content (AvgIpc) is 2.57. The molecule has 1 nitrogen and oxygen atoms in total. The van der Waals surface area contributed by atoms with E-state index in [1.165, 1.54) is 11.1 Å². The molecule has 0 fully saturated rings. The van der Waals surface area contributed by atoms with Crippen LogP contribution in [0.3, 0.4) is 0 Å². The molecule has 0 N–H and O–H groups in total. The second-order valence-electron chi connectivity index (χ2n) is 4.34. The second-order valence-corrected chi connectivity index (χ2v) is 4.34. The van der Waals surface area contributed by atoms with E-state index in [-0.39, 0.29) is 0 Å². The molecule has 1 aliphatic heterocycles. The molecule has 16 heavy (non-hydrogen) atoms. The first-order chi connectivity index (χ1) is 7.79. The zero-order chi connectivity index (χ0) is 11.4. The van der Waals surface area contributed by atoms with Crippen molar-refractivity contribution < 1.29 is 0 Å². The lowest BCUT2D eigenvalue weighted by Crippen LogP contribution is -2.27. The van der Waals surface area contributed by atoms with Crippen LogP contribution in [0.25, 0.3) is 0 Å². The van der Waals surface area contributed by atoms with E-state index < -0.39 is 0 Å². The fourth-order valence-corrected chi connectivity index (χ4v) is 2.19. The summed E-state index contributed by atoms with van der Waals surface area (Å²) in [5.41, 5.74) is 2.82. The van der Waals surface area contributed by atoms with Crippen molar-refractivity contribution in [1.82, 2.24) is 4.90 Å². The van der Waals surface area contributed by atoms with Gasteiger partial charge in [0.2, 0.25) is 0 Å². The molecule has 2 rings (SSSR count). The lowest BCUT2D eigenvalue weighted by molar-refractivity contribution is 0.260. The normalized spacial score (nSPS) is 18.4. The largest absolute Gasteiger partial charge is 0.289 e. The summed E-state index contributed by atoms with van der Waals surface area (Å²) in [5.74, 6) is 0. The van der Waals surface area contributed by atoms with Gasteiger partial charge in [-0.3, -0.25) is 4.90 Å². The van der Waals surface area contributed by atoms with Gasteiger partial charge in [0.25, 0.3) is 0 Å². The van der Waals surface area contributed by atoms with Crippen molar-refractivity contribution in [3.8, 4) is 0 Å². The van der Waals surface area contributed by atoms with Crippen LogP contribution in [0.5, 0.6) is 0 Å². The molecular formula is C15H19N. The van der Waals surface area contributed by atoms with E-state index in [1.54, 1.807) is 0 Å². The van der Waals surface area contributed by atoms with Crippen molar-refractivity contribution in [2.24, 2.45) is 0 Å². The lowest BCUT2D eigenvalue weighted by Gasteiger charge is -2.27. The van der Waals surface area contributed by atoms with Crippen LogP contribution in [-0.2, 0) is 0 Å². The first kappa shape index (κ1) is 11.2. The summed E-state index contributed by atoms with van der Waals surface area (Å²) in [6.45, 7) is 6.54. The van der Waals surface area contributed by atoms with Gasteiger partial charge in [-0.25, -0.2) is 0 Å². The van der Waals surface area contributed by atoms with Crippen molar-refractivity contribution in [2.75, 3.05) is 13.1 Å². The van der Waals surface area contributed by atoms with Gasteiger partial charge in [0.05, 0.1) is 0 Å². The molecule has 0 aromatic heterocycles. The van der Waals surface area contributed by atoms with Crippen molar-refractivity contribution >= 4 is 0 Å². The number of hydrogen-bond donors (Lipinski definition) is 0. The average molecular weight is 213 g/mol. The van der Waals surface area contributed by atoms with Crippen LogP contribution in [0.1, 0.15) is 24.1 Å². The van der Waals surface area contributed by atoms with E-state index in [0.717, 1.165) is 13.1 Å². The lowest BCUT2D eigenvalue weighted by atomic mass is 10.0. The molecule has 1 heterocycles. The van der Waals surface area contributed by atoms with Crippen molar-refractivity contribution in [3.05, 3.63) is 59.7 Å². The zero-order valence-electron chi connectivity index (χ0n) is 10.1. The van der Waals surface area contributed by atoms with Crippen LogP contribution in [0.4, 0.5) is 0 Å². The molecule has 0 aliphatic carbocycles. The molecule has 1 aliphatic rings. The summed E-state index contributed by atoms with van der Waals surface area (Å²) >= 11 is 0. The third-order valence-electron chi connectivity index (χ3n) is 3.25. The third kappa shape index (κ3) is 2.42. The number of benzene rings is 1. The van der Waals surface area contributed by atoms with Crippen molar-refractivity contribution in [1.29, 1.82) is 0 Å². The maximum Gasteiger partial charge on any atom is 0.0329 e. The van der Waals surface area contributed by atoms with Gasteiger partial charge >= 0.3 is 0 Å². The van der Waals surface area contributed by atoms with Crippen LogP contribution in [0.15, 0.2) is 48.6 Å². The molecule has 1 aromatic rings.